The van der Waals surface area contributed by atoms with Crippen molar-refractivity contribution in [1.82, 2.24) is 0 Å². The molecule has 0 amide bonds. The minimum absolute atomic E-state index is 0.572. The Morgan fingerprint density at radius 1 is 1.58 bits per heavy atom. The van der Waals surface area contributed by atoms with E-state index in [1.165, 1.54) is 0 Å². The topological polar surface area (TPSA) is 9.23 Å². The first kappa shape index (κ1) is 12.4. The molecule has 1 atom stereocenters. The second kappa shape index (κ2) is 8.02. The van der Waals surface area contributed by atoms with Gasteiger partial charge < -0.3 is 4.74 Å². The van der Waals surface area contributed by atoms with Crippen LogP contribution in [0.15, 0.2) is 24.3 Å². The number of alkyl halides is 1. The summed E-state index contributed by atoms with van der Waals surface area (Å²) in [6, 6.07) is 7.85. The van der Waals surface area contributed by atoms with Crippen LogP contribution in [0.5, 0.6) is 5.75 Å². The van der Waals surface area contributed by atoms with Gasteiger partial charge in [0.25, 0.3) is 0 Å². The molecule has 0 aromatic heterocycles. The van der Waals surface area contributed by atoms with E-state index in [4.69, 9.17) is 16.3 Å². The molecule has 0 fully saturated rings. The van der Waals surface area contributed by atoms with E-state index >= 15 is 0 Å². The Kier molecular flexibility index (Phi) is 8.29. The monoisotopic (exact) mass is 295 g/mol. The zero-order chi connectivity index (χ0) is 9.40. The van der Waals surface area contributed by atoms with E-state index in [2.05, 4.69) is 28.4 Å². The van der Waals surface area contributed by atoms with Crippen molar-refractivity contribution in [3.05, 3.63) is 24.3 Å². The van der Waals surface area contributed by atoms with Gasteiger partial charge in [-0.3, -0.25) is 0 Å². The van der Waals surface area contributed by atoms with E-state index in [1.54, 1.807) is 7.11 Å². The van der Waals surface area contributed by atoms with Crippen LogP contribution < -0.4 is 10.0 Å². The van der Waals surface area contributed by atoms with Gasteiger partial charge in [-0.05, 0) is 17.4 Å². The molecule has 0 aliphatic carbocycles. The van der Waals surface area contributed by atoms with E-state index in [0.29, 0.717) is 4.35 Å². The predicted octanol–water partition coefficient (Wildman–Crippen LogP) is 1.93. The third kappa shape index (κ3) is 5.98. The Bertz CT molecular complexity index is 220. The molecule has 0 spiro atoms. The van der Waals surface area contributed by atoms with Crippen molar-refractivity contribution in [3.63, 3.8) is 0 Å². The fourth-order valence-corrected chi connectivity index (χ4v) is 0.917. The molecule has 1 unspecified atom stereocenters. The van der Waals surface area contributed by atoms with Crippen molar-refractivity contribution in [2.45, 2.75) is 0 Å². The molecule has 0 N–H and O–H groups in total. The van der Waals surface area contributed by atoms with Crippen molar-refractivity contribution < 1.29 is 23.9 Å². The van der Waals surface area contributed by atoms with Crippen molar-refractivity contribution in [1.29, 1.82) is 0 Å². The van der Waals surface area contributed by atoms with Gasteiger partial charge in [-0.25, -0.2) is 0 Å². The molecular weight excluding hydrogens is 285 g/mol. The van der Waals surface area contributed by atoms with E-state index < -0.39 is 0 Å². The molecular formula is C8H11ClOPPd. The first-order valence-electron chi connectivity index (χ1n) is 3.21. The minimum atomic E-state index is 0.572. The summed E-state index contributed by atoms with van der Waals surface area (Å²) < 4.78 is 5.55. The van der Waals surface area contributed by atoms with Gasteiger partial charge in [0.15, 0.2) is 0 Å². The quantitative estimate of drug-likeness (QED) is 0.437. The maximum atomic E-state index is 4.98. The van der Waals surface area contributed by atoms with Crippen LogP contribution in [0.3, 0.4) is 0 Å². The SMILES string of the molecule is COc1cccc(P)c1.Cl[CH2][Pd]. The summed E-state index contributed by atoms with van der Waals surface area (Å²) in [6.45, 7) is 0. The van der Waals surface area contributed by atoms with Crippen molar-refractivity contribution in [2.75, 3.05) is 11.5 Å². The van der Waals surface area contributed by atoms with Crippen LogP contribution in [0.1, 0.15) is 0 Å². The normalized spacial score (nSPS) is 8.42. The van der Waals surface area contributed by atoms with E-state index in [-0.39, 0.29) is 0 Å². The second-order valence-corrected chi connectivity index (χ2v) is 3.94. The molecule has 0 radical (unpaired) electrons. The first-order valence-corrected chi connectivity index (χ1v) is 5.42. The number of benzene rings is 1. The zero-order valence-corrected chi connectivity index (χ0v) is 10.2. The summed E-state index contributed by atoms with van der Waals surface area (Å²) in [7, 11) is 4.28. The fraction of sp³-hybridized carbons (Fsp3) is 0.250. The number of methoxy groups -OCH3 is 1. The molecule has 1 aromatic carbocycles. The molecule has 71 valence electrons. The van der Waals surface area contributed by atoms with Gasteiger partial charge in [-0.15, -0.1) is 9.24 Å². The summed E-state index contributed by atoms with van der Waals surface area (Å²) in [5.74, 6) is 0.905. The Hall–Kier alpha value is 0.402. The van der Waals surface area contributed by atoms with Crippen LogP contribution in [0.4, 0.5) is 0 Å². The van der Waals surface area contributed by atoms with Crippen LogP contribution in [0.2, 0.25) is 0 Å². The van der Waals surface area contributed by atoms with Gasteiger partial charge >= 0.3 is 35.2 Å². The Morgan fingerprint density at radius 3 is 2.50 bits per heavy atom. The summed E-state index contributed by atoms with van der Waals surface area (Å²) in [5.41, 5.74) is 0. The molecule has 0 saturated heterocycles. The van der Waals surface area contributed by atoms with E-state index in [9.17, 15) is 0 Å². The summed E-state index contributed by atoms with van der Waals surface area (Å²) >= 11 is 7.64. The summed E-state index contributed by atoms with van der Waals surface area (Å²) in [5, 5.41) is 1.15. The van der Waals surface area contributed by atoms with Gasteiger partial charge in [0.1, 0.15) is 5.75 Å². The Balaban J connectivity index is 0.000000354. The summed E-state index contributed by atoms with van der Waals surface area (Å²) in [6.07, 6.45) is 0. The number of ether oxygens (including phenoxy) is 1. The van der Waals surface area contributed by atoms with E-state index in [1.807, 2.05) is 24.3 Å². The average molecular weight is 296 g/mol. The van der Waals surface area contributed by atoms with Gasteiger partial charge in [-0.1, -0.05) is 12.1 Å². The molecule has 1 aromatic rings. The zero-order valence-electron chi connectivity index (χ0n) is 6.70. The van der Waals surface area contributed by atoms with Crippen LogP contribution in [0, 0.1) is 0 Å². The van der Waals surface area contributed by atoms with Gasteiger partial charge in [0, 0.05) is 0 Å². The molecule has 0 bridgehead atoms. The Morgan fingerprint density at radius 2 is 2.17 bits per heavy atom. The first-order chi connectivity index (χ1) is 5.74. The maximum absolute atomic E-state index is 4.98. The van der Waals surface area contributed by atoms with Gasteiger partial charge in [-0.2, -0.15) is 0 Å². The predicted molar refractivity (Wildman–Crippen MR) is 53.1 cm³/mol. The third-order valence-corrected chi connectivity index (χ3v) is 1.45. The van der Waals surface area contributed by atoms with Crippen molar-refractivity contribution >= 4 is 26.1 Å². The number of hydrogen-bond donors (Lipinski definition) is 0. The van der Waals surface area contributed by atoms with Gasteiger partial charge in [0.05, 0.1) is 7.11 Å². The molecule has 0 aliphatic heterocycles. The van der Waals surface area contributed by atoms with Crippen molar-refractivity contribution in [2.24, 2.45) is 0 Å². The second-order valence-electron chi connectivity index (χ2n) is 1.86. The van der Waals surface area contributed by atoms with Crippen molar-refractivity contribution in [3.8, 4) is 5.75 Å². The Labute approximate surface area is 91.4 Å². The van der Waals surface area contributed by atoms with Gasteiger partial charge in [0.2, 0.25) is 0 Å². The third-order valence-electron chi connectivity index (χ3n) is 1.09. The number of halogens is 1. The van der Waals surface area contributed by atoms with Crippen LogP contribution in [-0.2, 0) is 19.2 Å². The average Bonchev–Trinajstić information content (AvgIpc) is 2.06. The molecule has 12 heavy (non-hydrogen) atoms. The van der Waals surface area contributed by atoms with Crippen LogP contribution in [0.25, 0.3) is 0 Å². The molecule has 4 heteroatoms. The van der Waals surface area contributed by atoms with E-state index in [0.717, 1.165) is 11.1 Å². The molecule has 0 heterocycles. The number of hydrogen-bond acceptors (Lipinski definition) is 1. The fourth-order valence-electron chi connectivity index (χ4n) is 0.642. The standard InChI is InChI=1S/C7H9OP.CH2Cl.Pd/c1-8-6-3-2-4-7(9)5-6;1-2;/h2-5H,9H2,1H3;1H2;. The van der Waals surface area contributed by atoms with Crippen LogP contribution in [-0.4, -0.2) is 11.5 Å². The molecule has 1 nitrogen and oxygen atoms in total. The summed E-state index contributed by atoms with van der Waals surface area (Å²) in [4.78, 5) is 0. The molecule has 0 saturated carbocycles. The molecule has 1 rings (SSSR count). The van der Waals surface area contributed by atoms with Crippen LogP contribution >= 0.6 is 20.8 Å². The molecule has 0 aliphatic rings. The number of rotatable bonds is 1.